The van der Waals surface area contributed by atoms with Crippen LogP contribution >= 0.6 is 0 Å². The molecule has 0 radical (unpaired) electrons. The monoisotopic (exact) mass is 249 g/mol. The van der Waals surface area contributed by atoms with Gasteiger partial charge in [0.1, 0.15) is 0 Å². The number of nitrogens with two attached hydrogens (primary N) is 1. The molecule has 1 aromatic rings. The van der Waals surface area contributed by atoms with E-state index in [2.05, 4.69) is 6.07 Å². The summed E-state index contributed by atoms with van der Waals surface area (Å²) in [6.45, 7) is 7.61. The van der Waals surface area contributed by atoms with Crippen LogP contribution < -0.4 is 5.73 Å². The van der Waals surface area contributed by atoms with Gasteiger partial charge in [-0.15, -0.1) is 0 Å². The first-order valence-corrected chi connectivity index (χ1v) is 6.50. The Hall–Kier alpha value is -0.900. The van der Waals surface area contributed by atoms with Crippen LogP contribution in [0.2, 0.25) is 0 Å². The number of ether oxygens (including phenoxy) is 1. The standard InChI is InChI=1S/C15H23NO2/c1-11-6-12(2)8-13(7-11)14(3,17)15(9-16)4-5-18-10-15/h6-8,17H,4-5,9-10,16H2,1-3H3. The average Bonchev–Trinajstić information content (AvgIpc) is 2.77. The number of aliphatic hydroxyl groups is 1. The van der Waals surface area contributed by atoms with E-state index in [0.717, 1.165) is 23.1 Å². The Morgan fingerprint density at radius 3 is 2.39 bits per heavy atom. The number of hydrogen-bond donors (Lipinski definition) is 2. The van der Waals surface area contributed by atoms with Crippen LogP contribution in [0.3, 0.4) is 0 Å². The summed E-state index contributed by atoms with van der Waals surface area (Å²) in [4.78, 5) is 0. The predicted molar refractivity (Wildman–Crippen MR) is 72.4 cm³/mol. The van der Waals surface area contributed by atoms with Gasteiger partial charge in [-0.05, 0) is 32.8 Å². The minimum Gasteiger partial charge on any atom is -0.385 e. The summed E-state index contributed by atoms with van der Waals surface area (Å²) in [5.74, 6) is 0. The Kier molecular flexibility index (Phi) is 3.49. The molecule has 1 aromatic carbocycles. The summed E-state index contributed by atoms with van der Waals surface area (Å²) in [5, 5.41) is 11.0. The molecule has 0 bridgehead atoms. The number of rotatable bonds is 3. The molecule has 2 atom stereocenters. The topological polar surface area (TPSA) is 55.5 Å². The Morgan fingerprint density at radius 1 is 1.33 bits per heavy atom. The van der Waals surface area contributed by atoms with Crippen LogP contribution in [0.5, 0.6) is 0 Å². The SMILES string of the molecule is Cc1cc(C)cc(C(C)(O)C2(CN)CCOC2)c1. The highest BCUT2D eigenvalue weighted by atomic mass is 16.5. The third-order valence-corrected chi connectivity index (χ3v) is 4.31. The molecule has 1 aliphatic rings. The van der Waals surface area contributed by atoms with Crippen molar-refractivity contribution in [1.29, 1.82) is 0 Å². The largest absolute Gasteiger partial charge is 0.385 e. The number of hydrogen-bond acceptors (Lipinski definition) is 3. The molecule has 2 unspecified atom stereocenters. The number of benzene rings is 1. The van der Waals surface area contributed by atoms with Gasteiger partial charge in [-0.2, -0.15) is 0 Å². The lowest BCUT2D eigenvalue weighted by Crippen LogP contribution is -2.49. The lowest BCUT2D eigenvalue weighted by molar-refractivity contribution is -0.0748. The molecule has 1 aliphatic heterocycles. The van der Waals surface area contributed by atoms with E-state index in [1.165, 1.54) is 0 Å². The molecule has 1 saturated heterocycles. The molecule has 3 heteroatoms. The predicted octanol–water partition coefficient (Wildman–Crippen LogP) is 1.88. The zero-order valence-electron chi connectivity index (χ0n) is 11.5. The molecule has 1 heterocycles. The van der Waals surface area contributed by atoms with Crippen LogP contribution in [0, 0.1) is 19.3 Å². The lowest BCUT2D eigenvalue weighted by Gasteiger charge is -2.41. The molecule has 18 heavy (non-hydrogen) atoms. The van der Waals surface area contributed by atoms with Gasteiger partial charge in [0.15, 0.2) is 0 Å². The molecule has 0 aromatic heterocycles. The molecular weight excluding hydrogens is 226 g/mol. The molecule has 2 rings (SSSR count). The zero-order chi connectivity index (χ0) is 13.4. The molecular formula is C15H23NO2. The fourth-order valence-corrected chi connectivity index (χ4v) is 2.91. The van der Waals surface area contributed by atoms with Crippen molar-refractivity contribution in [2.24, 2.45) is 11.1 Å². The minimum atomic E-state index is -0.949. The van der Waals surface area contributed by atoms with Crippen LogP contribution in [0.4, 0.5) is 0 Å². The minimum absolute atomic E-state index is 0.368. The molecule has 0 spiro atoms. The van der Waals surface area contributed by atoms with Gasteiger partial charge in [-0.25, -0.2) is 0 Å². The van der Waals surface area contributed by atoms with Gasteiger partial charge in [-0.3, -0.25) is 0 Å². The molecule has 1 fully saturated rings. The van der Waals surface area contributed by atoms with Crippen molar-refractivity contribution in [2.75, 3.05) is 19.8 Å². The normalized spacial score (nSPS) is 27.2. The Morgan fingerprint density at radius 2 is 1.94 bits per heavy atom. The first-order valence-electron chi connectivity index (χ1n) is 6.50. The molecule has 3 nitrogen and oxygen atoms in total. The second kappa shape index (κ2) is 4.65. The van der Waals surface area contributed by atoms with Crippen LogP contribution in [-0.2, 0) is 10.3 Å². The van der Waals surface area contributed by atoms with Gasteiger partial charge in [0, 0.05) is 18.6 Å². The molecule has 0 saturated carbocycles. The van der Waals surface area contributed by atoms with Crippen molar-refractivity contribution < 1.29 is 9.84 Å². The Balaban J connectivity index is 2.45. The molecule has 100 valence electrons. The van der Waals surface area contributed by atoms with E-state index < -0.39 is 5.60 Å². The highest BCUT2D eigenvalue weighted by Crippen LogP contribution is 2.45. The van der Waals surface area contributed by atoms with E-state index in [1.807, 2.05) is 32.9 Å². The smallest absolute Gasteiger partial charge is 0.0959 e. The molecule has 3 N–H and O–H groups in total. The lowest BCUT2D eigenvalue weighted by atomic mass is 9.68. The zero-order valence-corrected chi connectivity index (χ0v) is 11.5. The van der Waals surface area contributed by atoms with E-state index in [9.17, 15) is 5.11 Å². The summed E-state index contributed by atoms with van der Waals surface area (Å²) in [6.07, 6.45) is 0.809. The average molecular weight is 249 g/mol. The van der Waals surface area contributed by atoms with Crippen LogP contribution in [-0.4, -0.2) is 24.9 Å². The van der Waals surface area contributed by atoms with Crippen molar-refractivity contribution in [3.63, 3.8) is 0 Å². The van der Waals surface area contributed by atoms with Crippen molar-refractivity contribution in [1.82, 2.24) is 0 Å². The van der Waals surface area contributed by atoms with Crippen LogP contribution in [0.1, 0.15) is 30.0 Å². The quantitative estimate of drug-likeness (QED) is 0.860. The summed E-state index contributed by atoms with van der Waals surface area (Å²) in [7, 11) is 0. The van der Waals surface area contributed by atoms with Crippen molar-refractivity contribution in [3.8, 4) is 0 Å². The van der Waals surface area contributed by atoms with Gasteiger partial charge in [0.25, 0.3) is 0 Å². The van der Waals surface area contributed by atoms with E-state index in [-0.39, 0.29) is 5.41 Å². The first kappa shape index (κ1) is 13.5. The maximum atomic E-state index is 11.0. The van der Waals surface area contributed by atoms with Gasteiger partial charge in [0.2, 0.25) is 0 Å². The van der Waals surface area contributed by atoms with E-state index in [0.29, 0.717) is 19.8 Å². The van der Waals surface area contributed by atoms with Crippen molar-refractivity contribution in [3.05, 3.63) is 34.9 Å². The molecule has 0 amide bonds. The summed E-state index contributed by atoms with van der Waals surface area (Å²) in [6, 6.07) is 6.20. The third kappa shape index (κ3) is 2.07. The van der Waals surface area contributed by atoms with Crippen molar-refractivity contribution in [2.45, 2.75) is 32.8 Å². The van der Waals surface area contributed by atoms with Gasteiger partial charge in [0.05, 0.1) is 12.2 Å². The summed E-state index contributed by atoms with van der Waals surface area (Å²) < 4.78 is 5.48. The first-order chi connectivity index (χ1) is 8.41. The van der Waals surface area contributed by atoms with E-state index in [1.54, 1.807) is 0 Å². The highest BCUT2D eigenvalue weighted by molar-refractivity contribution is 5.34. The maximum absolute atomic E-state index is 11.0. The van der Waals surface area contributed by atoms with Crippen LogP contribution in [0.15, 0.2) is 18.2 Å². The fourth-order valence-electron chi connectivity index (χ4n) is 2.91. The van der Waals surface area contributed by atoms with Crippen molar-refractivity contribution >= 4 is 0 Å². The van der Waals surface area contributed by atoms with E-state index in [4.69, 9.17) is 10.5 Å². The number of aryl methyl sites for hydroxylation is 2. The second-order valence-electron chi connectivity index (χ2n) is 5.74. The van der Waals surface area contributed by atoms with Gasteiger partial charge >= 0.3 is 0 Å². The highest BCUT2D eigenvalue weighted by Gasteiger charge is 2.49. The third-order valence-electron chi connectivity index (χ3n) is 4.31. The Labute approximate surface area is 109 Å². The summed E-state index contributed by atoms with van der Waals surface area (Å²) >= 11 is 0. The van der Waals surface area contributed by atoms with Crippen LogP contribution in [0.25, 0.3) is 0 Å². The maximum Gasteiger partial charge on any atom is 0.0959 e. The second-order valence-corrected chi connectivity index (χ2v) is 5.74. The van der Waals surface area contributed by atoms with E-state index >= 15 is 0 Å². The Bertz CT molecular complexity index is 414. The summed E-state index contributed by atoms with van der Waals surface area (Å²) in [5.41, 5.74) is 7.88. The fraction of sp³-hybridized carbons (Fsp3) is 0.600. The van der Waals surface area contributed by atoms with Gasteiger partial charge in [-0.1, -0.05) is 29.3 Å². The van der Waals surface area contributed by atoms with Gasteiger partial charge < -0.3 is 15.6 Å². The molecule has 0 aliphatic carbocycles.